The molecule has 0 aromatic heterocycles. The summed E-state index contributed by atoms with van der Waals surface area (Å²) < 4.78 is 76.8. The standard InChI is InChI=1S/C52H35N/c1-2-12-36(13-3-1)37-22-28-42(29-23-37)53(43-30-24-38(25-31-43)51-34-40-14-4-6-16-45(40)47-18-8-10-20-49(47)51)44-32-26-39(27-33-44)52-35-41-15-5-7-17-46(41)48-19-9-11-21-50(48)52/h1-35H/i24D,25D,26D,27D,30D,31D,32D,33D. The Balaban J connectivity index is 1.24. The predicted molar refractivity (Wildman–Crippen MR) is 227 cm³/mol. The summed E-state index contributed by atoms with van der Waals surface area (Å²) in [5.41, 5.74) is 3.13. The van der Waals surface area contributed by atoms with Crippen molar-refractivity contribution < 1.29 is 11.0 Å². The molecule has 10 rings (SSSR count). The summed E-state index contributed by atoms with van der Waals surface area (Å²) in [6, 6.07) is 49.2. The minimum absolute atomic E-state index is 0.123. The van der Waals surface area contributed by atoms with E-state index in [4.69, 9.17) is 0 Å². The summed E-state index contributed by atoms with van der Waals surface area (Å²) in [6.45, 7) is 0. The molecule has 0 fully saturated rings. The zero-order chi connectivity index (χ0) is 42.1. The molecule has 1 heteroatoms. The van der Waals surface area contributed by atoms with E-state index < -0.39 is 0 Å². The molecule has 0 bridgehead atoms. The van der Waals surface area contributed by atoms with Crippen LogP contribution in [-0.2, 0) is 0 Å². The summed E-state index contributed by atoms with van der Waals surface area (Å²) in [7, 11) is 0. The average molecular weight is 682 g/mol. The highest BCUT2D eigenvalue weighted by Gasteiger charge is 2.16. The van der Waals surface area contributed by atoms with Crippen LogP contribution in [0.3, 0.4) is 0 Å². The first-order valence-electron chi connectivity index (χ1n) is 21.6. The molecule has 0 amide bonds. The van der Waals surface area contributed by atoms with Gasteiger partial charge in [-0.15, -0.1) is 0 Å². The van der Waals surface area contributed by atoms with Gasteiger partial charge in [-0.3, -0.25) is 0 Å². The van der Waals surface area contributed by atoms with E-state index in [9.17, 15) is 11.0 Å². The lowest BCUT2D eigenvalue weighted by Crippen LogP contribution is -2.09. The largest absolute Gasteiger partial charge is 0.311 e. The molecular weight excluding hydrogens is 639 g/mol. The summed E-state index contributed by atoms with van der Waals surface area (Å²) in [6.07, 6.45) is 0. The van der Waals surface area contributed by atoms with Crippen LogP contribution in [0.4, 0.5) is 17.1 Å². The highest BCUT2D eigenvalue weighted by molar-refractivity contribution is 6.15. The molecule has 0 unspecified atom stereocenters. The van der Waals surface area contributed by atoms with Gasteiger partial charge in [0.1, 0.15) is 0 Å². The SMILES string of the molecule is [2H]c1c([2H])c(N(c2ccc(-c3ccccc3)cc2)c2c([2H])c([2H])c(-c3cc4ccccc4c4ccccc34)c([2H])c2[2H])c([2H])c([2H])c1-c1cc2ccccc2c2ccccc12. The van der Waals surface area contributed by atoms with Crippen molar-refractivity contribution in [1.82, 2.24) is 0 Å². The van der Waals surface area contributed by atoms with Crippen LogP contribution in [0.25, 0.3) is 76.5 Å². The lowest BCUT2D eigenvalue weighted by molar-refractivity contribution is 1.28. The Labute approximate surface area is 320 Å². The lowest BCUT2D eigenvalue weighted by Gasteiger charge is -2.26. The van der Waals surface area contributed by atoms with Crippen LogP contribution in [0, 0.1) is 0 Å². The van der Waals surface area contributed by atoms with Crippen LogP contribution in [0.15, 0.2) is 212 Å². The second-order valence-corrected chi connectivity index (χ2v) is 13.1. The van der Waals surface area contributed by atoms with Crippen molar-refractivity contribution in [1.29, 1.82) is 0 Å². The Morgan fingerprint density at radius 2 is 0.660 bits per heavy atom. The van der Waals surface area contributed by atoms with Crippen molar-refractivity contribution in [2.75, 3.05) is 4.90 Å². The maximum atomic E-state index is 9.64. The van der Waals surface area contributed by atoms with E-state index >= 15 is 0 Å². The second-order valence-electron chi connectivity index (χ2n) is 13.1. The van der Waals surface area contributed by atoms with Crippen molar-refractivity contribution in [2.24, 2.45) is 0 Å². The van der Waals surface area contributed by atoms with Crippen molar-refractivity contribution in [3.8, 4) is 33.4 Å². The first-order chi connectivity index (χ1) is 29.6. The molecule has 53 heavy (non-hydrogen) atoms. The van der Waals surface area contributed by atoms with E-state index in [1.54, 1.807) is 12.1 Å². The molecule has 248 valence electrons. The monoisotopic (exact) mass is 681 g/mol. The third-order valence-electron chi connectivity index (χ3n) is 9.98. The number of fused-ring (bicyclic) bond motifs is 6. The summed E-state index contributed by atoms with van der Waals surface area (Å²) >= 11 is 0. The molecule has 0 aliphatic heterocycles. The van der Waals surface area contributed by atoms with Gasteiger partial charge in [-0.2, -0.15) is 0 Å². The highest BCUT2D eigenvalue weighted by atomic mass is 15.1. The fourth-order valence-corrected chi connectivity index (χ4v) is 7.43. The zero-order valence-corrected chi connectivity index (χ0v) is 28.5. The first-order valence-corrected chi connectivity index (χ1v) is 17.6. The van der Waals surface area contributed by atoms with E-state index in [1.165, 1.54) is 4.90 Å². The molecule has 0 spiro atoms. The van der Waals surface area contributed by atoms with Gasteiger partial charge in [0, 0.05) is 17.1 Å². The minimum atomic E-state index is -0.387. The van der Waals surface area contributed by atoms with Gasteiger partial charge in [0.15, 0.2) is 0 Å². The van der Waals surface area contributed by atoms with E-state index in [0.29, 0.717) is 16.8 Å². The van der Waals surface area contributed by atoms with Crippen molar-refractivity contribution in [3.05, 3.63) is 212 Å². The van der Waals surface area contributed by atoms with Gasteiger partial charge in [0.2, 0.25) is 0 Å². The van der Waals surface area contributed by atoms with E-state index in [0.717, 1.165) is 54.2 Å². The maximum Gasteiger partial charge on any atom is 0.0645 e. The number of hydrogen-bond acceptors (Lipinski definition) is 1. The predicted octanol–water partition coefficient (Wildman–Crippen LogP) is 14.8. The number of hydrogen-bond donors (Lipinski definition) is 0. The fraction of sp³-hybridized carbons (Fsp3) is 0. The molecule has 0 N–H and O–H groups in total. The fourth-order valence-electron chi connectivity index (χ4n) is 7.43. The summed E-state index contributed by atoms with van der Waals surface area (Å²) in [5, 5.41) is 7.17. The van der Waals surface area contributed by atoms with Crippen LogP contribution in [0.5, 0.6) is 0 Å². The van der Waals surface area contributed by atoms with Crippen LogP contribution in [0.1, 0.15) is 11.0 Å². The maximum absolute atomic E-state index is 9.64. The van der Waals surface area contributed by atoms with Crippen LogP contribution >= 0.6 is 0 Å². The summed E-state index contributed by atoms with van der Waals surface area (Å²) in [4.78, 5) is 1.36. The first kappa shape index (κ1) is 23.5. The Morgan fingerprint density at radius 3 is 1.13 bits per heavy atom. The molecule has 0 heterocycles. The minimum Gasteiger partial charge on any atom is -0.311 e. The Hall–Kier alpha value is -6.96. The highest BCUT2D eigenvalue weighted by Crippen LogP contribution is 2.41. The Bertz CT molecular complexity index is 3160. The topological polar surface area (TPSA) is 3.24 Å². The van der Waals surface area contributed by atoms with E-state index in [2.05, 4.69) is 0 Å². The van der Waals surface area contributed by atoms with Crippen LogP contribution in [0.2, 0.25) is 0 Å². The molecular formula is C52H35N. The van der Waals surface area contributed by atoms with Crippen LogP contribution in [-0.4, -0.2) is 0 Å². The van der Waals surface area contributed by atoms with Gasteiger partial charge in [-0.25, -0.2) is 0 Å². The van der Waals surface area contributed by atoms with E-state index in [1.807, 2.05) is 152 Å². The van der Waals surface area contributed by atoms with Gasteiger partial charge < -0.3 is 4.90 Å². The van der Waals surface area contributed by atoms with E-state index in [-0.39, 0.29) is 70.8 Å². The molecule has 0 radical (unpaired) electrons. The summed E-state index contributed by atoms with van der Waals surface area (Å²) in [5.74, 6) is 0. The number of nitrogens with zero attached hydrogens (tertiary/aromatic N) is 1. The molecule has 0 saturated heterocycles. The molecule has 0 aliphatic rings. The number of rotatable bonds is 6. The van der Waals surface area contributed by atoms with Crippen molar-refractivity contribution in [2.45, 2.75) is 0 Å². The normalized spacial score (nSPS) is 13.5. The van der Waals surface area contributed by atoms with Gasteiger partial charge in [-0.05, 0) is 125 Å². The third kappa shape index (κ3) is 5.51. The second kappa shape index (κ2) is 13.0. The third-order valence-corrected chi connectivity index (χ3v) is 9.98. The zero-order valence-electron chi connectivity index (χ0n) is 36.5. The molecule has 10 aromatic rings. The molecule has 0 aliphatic carbocycles. The molecule has 0 saturated carbocycles. The quantitative estimate of drug-likeness (QED) is 0.158. The Morgan fingerprint density at radius 1 is 0.283 bits per heavy atom. The lowest BCUT2D eigenvalue weighted by atomic mass is 9.93. The molecule has 1 nitrogen and oxygen atoms in total. The van der Waals surface area contributed by atoms with Crippen molar-refractivity contribution >= 4 is 60.2 Å². The van der Waals surface area contributed by atoms with Gasteiger partial charge in [-0.1, -0.05) is 164 Å². The van der Waals surface area contributed by atoms with Gasteiger partial charge in [0.05, 0.1) is 11.0 Å². The number of benzene rings is 10. The average Bonchev–Trinajstić information content (AvgIpc) is 3.30. The van der Waals surface area contributed by atoms with Gasteiger partial charge >= 0.3 is 0 Å². The molecule has 0 atom stereocenters. The molecule has 10 aromatic carbocycles. The van der Waals surface area contributed by atoms with Crippen molar-refractivity contribution in [3.63, 3.8) is 0 Å². The van der Waals surface area contributed by atoms with Crippen LogP contribution < -0.4 is 4.90 Å². The smallest absolute Gasteiger partial charge is 0.0645 e. The van der Waals surface area contributed by atoms with Gasteiger partial charge in [0.25, 0.3) is 0 Å². The Kier molecular flexibility index (Phi) is 5.76. The number of anilines is 3.